The van der Waals surface area contributed by atoms with Crippen LogP contribution in [0, 0.1) is 11.8 Å². The summed E-state index contributed by atoms with van der Waals surface area (Å²) in [6.45, 7) is 8.85. The molecule has 1 amide bonds. The van der Waals surface area contributed by atoms with E-state index >= 15 is 0 Å². The first kappa shape index (κ1) is 28.3. The van der Waals surface area contributed by atoms with Crippen LogP contribution in [0.25, 0.3) is 5.52 Å². The second-order valence-corrected chi connectivity index (χ2v) is 12.3. The van der Waals surface area contributed by atoms with Crippen molar-refractivity contribution in [2.75, 3.05) is 71.5 Å². The molecule has 0 spiro atoms. The molecule has 10 nitrogen and oxygen atoms in total. The highest BCUT2D eigenvalue weighted by Gasteiger charge is 2.42. The summed E-state index contributed by atoms with van der Waals surface area (Å²) in [7, 11) is 3.62. The number of amides is 1. The number of piperazine rings is 1. The Balaban J connectivity index is 1.10. The Morgan fingerprint density at radius 3 is 2.54 bits per heavy atom. The Morgan fingerprint density at radius 1 is 1.15 bits per heavy atom. The van der Waals surface area contributed by atoms with E-state index in [9.17, 15) is 4.79 Å². The van der Waals surface area contributed by atoms with E-state index in [1.54, 1.807) is 7.11 Å². The predicted molar refractivity (Wildman–Crippen MR) is 161 cm³/mol. The van der Waals surface area contributed by atoms with Crippen LogP contribution in [0.15, 0.2) is 41.7 Å². The monoisotopic (exact) mass is 563 g/mol. The van der Waals surface area contributed by atoms with Gasteiger partial charge in [0, 0.05) is 102 Å². The Hall–Kier alpha value is -2.79. The summed E-state index contributed by atoms with van der Waals surface area (Å²) in [4.78, 5) is 24.7. The van der Waals surface area contributed by atoms with Gasteiger partial charge in [0.2, 0.25) is 5.91 Å². The van der Waals surface area contributed by atoms with Crippen molar-refractivity contribution in [2.45, 2.75) is 50.3 Å². The molecule has 1 unspecified atom stereocenters. The molecule has 3 fully saturated rings. The van der Waals surface area contributed by atoms with Gasteiger partial charge < -0.3 is 25.0 Å². The smallest absolute Gasteiger partial charge is 0.225 e. The molecule has 0 bridgehead atoms. The van der Waals surface area contributed by atoms with E-state index in [2.05, 4.69) is 52.3 Å². The fourth-order valence-corrected chi connectivity index (χ4v) is 7.16. The van der Waals surface area contributed by atoms with Gasteiger partial charge in [-0.05, 0) is 50.8 Å². The molecular formula is C31H45N7O3. The Morgan fingerprint density at radius 2 is 1.90 bits per heavy atom. The molecule has 10 heteroatoms. The lowest BCUT2D eigenvalue weighted by Crippen LogP contribution is -2.53. The molecule has 222 valence electrons. The van der Waals surface area contributed by atoms with E-state index < -0.39 is 0 Å². The number of hydrogen-bond acceptors (Lipinski definition) is 8. The number of carbonyl (C=O) groups is 1. The number of methoxy groups -OCH3 is 2. The number of carbonyl (C=O) groups excluding carboxylic acids is 1. The van der Waals surface area contributed by atoms with Crippen molar-refractivity contribution < 1.29 is 14.3 Å². The lowest BCUT2D eigenvalue weighted by Gasteiger charge is -2.46. The molecule has 0 radical (unpaired) electrons. The first-order valence-corrected chi connectivity index (χ1v) is 15.2. The van der Waals surface area contributed by atoms with Crippen LogP contribution >= 0.6 is 0 Å². The quantitative estimate of drug-likeness (QED) is 0.526. The number of hydrogen-bond donors (Lipinski definition) is 1. The molecule has 6 rings (SSSR count). The molecule has 41 heavy (non-hydrogen) atoms. The summed E-state index contributed by atoms with van der Waals surface area (Å²) in [6.07, 6.45) is 12.0. The number of anilines is 1. The van der Waals surface area contributed by atoms with E-state index in [0.717, 1.165) is 101 Å². The first-order chi connectivity index (χ1) is 19.9. The second kappa shape index (κ2) is 11.8. The maximum Gasteiger partial charge on any atom is 0.225 e. The molecule has 2 aromatic heterocycles. The zero-order valence-electron chi connectivity index (χ0n) is 24.7. The molecule has 0 aromatic carbocycles. The lowest BCUT2D eigenvalue weighted by atomic mass is 9.77. The third kappa shape index (κ3) is 5.55. The molecule has 1 saturated carbocycles. The van der Waals surface area contributed by atoms with Crippen LogP contribution in [0.2, 0.25) is 0 Å². The fourth-order valence-electron chi connectivity index (χ4n) is 7.16. The molecule has 4 aliphatic rings. The van der Waals surface area contributed by atoms with Gasteiger partial charge in [-0.15, -0.1) is 0 Å². The summed E-state index contributed by atoms with van der Waals surface area (Å²) in [5, 5.41) is 4.59. The minimum absolute atomic E-state index is 0.123. The maximum atomic E-state index is 12.8. The Kier molecular flexibility index (Phi) is 8.18. The number of nitrogens with two attached hydrogens (primary N) is 1. The summed E-state index contributed by atoms with van der Waals surface area (Å²) < 4.78 is 13.5. The number of dihydropyridines is 1. The third-order valence-corrected chi connectivity index (χ3v) is 9.94. The number of aliphatic imine (C=N–C) groups is 1. The molecule has 2 N–H and O–H groups in total. The lowest BCUT2D eigenvalue weighted by molar-refractivity contribution is -0.139. The summed E-state index contributed by atoms with van der Waals surface area (Å²) >= 11 is 0. The third-order valence-electron chi connectivity index (χ3n) is 9.94. The molecule has 2 aromatic rings. The minimum Gasteiger partial charge on any atom is -0.383 e. The highest BCUT2D eigenvalue weighted by Crippen LogP contribution is 2.37. The summed E-state index contributed by atoms with van der Waals surface area (Å²) in [6, 6.07) is 4.89. The van der Waals surface area contributed by atoms with Gasteiger partial charge in [-0.1, -0.05) is 6.08 Å². The van der Waals surface area contributed by atoms with Crippen LogP contribution in [-0.2, 0) is 14.3 Å². The molecule has 5 heterocycles. The van der Waals surface area contributed by atoms with Gasteiger partial charge >= 0.3 is 0 Å². The standard InChI is InChI=1S/C31H45N7O3/c1-22(21-40-2)35-10-7-31(41-3,8-11-35)25-4-5-27(33-19-25)24-18-29-28(6-9-34-38(29)20-24)36-12-14-37(15-13-36)30(39)23-16-26(32)17-23/h4-6,9,18,20,22-23,25-26H,7-8,10-17,19,21,32H2,1-3H3/t22-,23?,25?,26?/m1/s1. The van der Waals surface area contributed by atoms with Crippen LogP contribution in [0.1, 0.15) is 38.2 Å². The molecule has 2 saturated heterocycles. The van der Waals surface area contributed by atoms with Crippen molar-refractivity contribution in [3.63, 3.8) is 0 Å². The normalized spacial score (nSPS) is 27.5. The van der Waals surface area contributed by atoms with Crippen molar-refractivity contribution in [1.29, 1.82) is 0 Å². The number of rotatable bonds is 8. The average molecular weight is 564 g/mol. The van der Waals surface area contributed by atoms with E-state index in [-0.39, 0.29) is 29.4 Å². The van der Waals surface area contributed by atoms with Crippen LogP contribution in [0.5, 0.6) is 0 Å². The van der Waals surface area contributed by atoms with Gasteiger partial charge in [-0.25, -0.2) is 4.52 Å². The Labute approximate surface area is 243 Å². The van der Waals surface area contributed by atoms with Crippen molar-refractivity contribution in [3.8, 4) is 0 Å². The molecular weight excluding hydrogens is 518 g/mol. The highest BCUT2D eigenvalue weighted by atomic mass is 16.5. The number of allylic oxidation sites excluding steroid dienone is 1. The fraction of sp³-hybridized carbons (Fsp3) is 0.645. The van der Waals surface area contributed by atoms with E-state index in [1.807, 2.05) is 22.7 Å². The molecule has 1 aliphatic carbocycles. The molecule has 3 aliphatic heterocycles. The second-order valence-electron chi connectivity index (χ2n) is 12.3. The minimum atomic E-state index is -0.177. The van der Waals surface area contributed by atoms with Crippen molar-refractivity contribution >= 4 is 22.8 Å². The number of nitrogens with zero attached hydrogens (tertiary/aromatic N) is 6. The Bertz CT molecular complexity index is 1280. The van der Waals surface area contributed by atoms with Crippen molar-refractivity contribution in [1.82, 2.24) is 19.4 Å². The van der Waals surface area contributed by atoms with Crippen LogP contribution in [0.4, 0.5) is 5.69 Å². The predicted octanol–water partition coefficient (Wildman–Crippen LogP) is 2.21. The number of aromatic nitrogens is 2. The van der Waals surface area contributed by atoms with Crippen molar-refractivity contribution in [3.05, 3.63) is 42.2 Å². The number of likely N-dealkylation sites (tertiary alicyclic amines) is 1. The van der Waals surface area contributed by atoms with E-state index in [0.29, 0.717) is 6.04 Å². The SMILES string of the molecule is COC[C@@H](C)N1CCC(OC)(C2C=CC(c3cc4c(N5CCN(C(=O)C6CC(N)C6)CC5)ccnn4c3)=NC2)CC1. The molecule has 2 atom stereocenters. The highest BCUT2D eigenvalue weighted by molar-refractivity contribution is 6.10. The van der Waals surface area contributed by atoms with Crippen molar-refractivity contribution in [2.24, 2.45) is 22.6 Å². The number of piperidine rings is 1. The van der Waals surface area contributed by atoms with Gasteiger partial charge in [0.05, 0.1) is 29.1 Å². The zero-order valence-corrected chi connectivity index (χ0v) is 24.7. The maximum absolute atomic E-state index is 12.8. The van der Waals surface area contributed by atoms with Gasteiger partial charge in [0.1, 0.15) is 0 Å². The summed E-state index contributed by atoms with van der Waals surface area (Å²) in [5.41, 5.74) is 10.0. The van der Waals surface area contributed by atoms with Crippen LogP contribution < -0.4 is 10.6 Å². The van der Waals surface area contributed by atoms with Gasteiger partial charge in [0.15, 0.2) is 0 Å². The first-order valence-electron chi connectivity index (χ1n) is 15.2. The van der Waals surface area contributed by atoms with Gasteiger partial charge in [-0.2, -0.15) is 5.10 Å². The summed E-state index contributed by atoms with van der Waals surface area (Å²) in [5.74, 6) is 0.659. The number of ether oxygens (including phenoxy) is 2. The number of fused-ring (bicyclic) bond motifs is 1. The van der Waals surface area contributed by atoms with E-state index in [1.165, 1.54) is 0 Å². The largest absolute Gasteiger partial charge is 0.383 e. The van der Waals surface area contributed by atoms with Crippen LogP contribution in [0.3, 0.4) is 0 Å². The topological polar surface area (TPSA) is 101 Å². The van der Waals surface area contributed by atoms with Gasteiger partial charge in [-0.3, -0.25) is 14.7 Å². The van der Waals surface area contributed by atoms with E-state index in [4.69, 9.17) is 20.2 Å². The van der Waals surface area contributed by atoms with Crippen LogP contribution in [-0.4, -0.2) is 115 Å². The van der Waals surface area contributed by atoms with Gasteiger partial charge in [0.25, 0.3) is 0 Å². The average Bonchev–Trinajstić information content (AvgIpc) is 3.44. The zero-order chi connectivity index (χ0) is 28.6.